The Hall–Kier alpha value is -2.24. The number of rotatable bonds is 9. The standard InChI is InChI=1S/C25H31FN2O2/c26-21-8-4-5-19(15-21)17-25(10-13-28(14-11-25)12-9-24(29)30)18-27-23-16-22(23)20-6-2-1-3-7-20/h1-8,15,22-23,27H,9-14,16-18H2,(H,29,30)/t22-,23+/m0/s1. The van der Waals surface area contributed by atoms with Crippen molar-refractivity contribution in [3.05, 3.63) is 71.5 Å². The van der Waals surface area contributed by atoms with Crippen LogP contribution in [0.15, 0.2) is 54.6 Å². The van der Waals surface area contributed by atoms with Crippen molar-refractivity contribution in [2.75, 3.05) is 26.2 Å². The zero-order valence-corrected chi connectivity index (χ0v) is 17.4. The lowest BCUT2D eigenvalue weighted by atomic mass is 9.73. The lowest BCUT2D eigenvalue weighted by Crippen LogP contribution is -2.47. The first-order valence-electron chi connectivity index (χ1n) is 11.0. The molecule has 30 heavy (non-hydrogen) atoms. The summed E-state index contributed by atoms with van der Waals surface area (Å²) in [7, 11) is 0. The molecule has 1 saturated carbocycles. The van der Waals surface area contributed by atoms with Crippen LogP contribution in [-0.4, -0.2) is 48.2 Å². The van der Waals surface area contributed by atoms with Crippen LogP contribution in [0.2, 0.25) is 0 Å². The molecule has 2 fully saturated rings. The minimum atomic E-state index is -0.742. The number of likely N-dealkylation sites (tertiary alicyclic amines) is 1. The molecular formula is C25H31FN2O2. The Kier molecular flexibility index (Phi) is 6.49. The Balaban J connectivity index is 1.39. The number of nitrogens with zero attached hydrogens (tertiary/aromatic N) is 1. The second-order valence-corrected chi connectivity index (χ2v) is 9.03. The van der Waals surface area contributed by atoms with E-state index in [2.05, 4.69) is 40.5 Å². The third-order valence-electron chi connectivity index (χ3n) is 6.78. The molecule has 0 spiro atoms. The van der Waals surface area contributed by atoms with Gasteiger partial charge >= 0.3 is 5.97 Å². The van der Waals surface area contributed by atoms with E-state index in [9.17, 15) is 9.18 Å². The number of carbonyl (C=O) groups is 1. The van der Waals surface area contributed by atoms with Crippen LogP contribution in [0.5, 0.6) is 0 Å². The largest absolute Gasteiger partial charge is 0.481 e. The predicted molar refractivity (Wildman–Crippen MR) is 116 cm³/mol. The molecule has 2 aromatic rings. The normalized spacial score (nSPS) is 23.2. The van der Waals surface area contributed by atoms with Gasteiger partial charge in [0.2, 0.25) is 0 Å². The van der Waals surface area contributed by atoms with E-state index < -0.39 is 5.97 Å². The number of carboxylic acid groups (broad SMARTS) is 1. The molecule has 2 N–H and O–H groups in total. The van der Waals surface area contributed by atoms with E-state index in [-0.39, 0.29) is 17.7 Å². The van der Waals surface area contributed by atoms with E-state index in [1.165, 1.54) is 18.1 Å². The van der Waals surface area contributed by atoms with E-state index in [0.717, 1.165) is 44.5 Å². The molecule has 4 rings (SSSR count). The van der Waals surface area contributed by atoms with E-state index in [1.54, 1.807) is 12.1 Å². The number of carboxylic acids is 1. The van der Waals surface area contributed by atoms with Crippen LogP contribution in [0.1, 0.15) is 42.7 Å². The fourth-order valence-electron chi connectivity index (χ4n) is 4.84. The van der Waals surface area contributed by atoms with E-state index >= 15 is 0 Å². The van der Waals surface area contributed by atoms with Gasteiger partial charge in [-0.3, -0.25) is 4.79 Å². The van der Waals surface area contributed by atoms with E-state index in [4.69, 9.17) is 5.11 Å². The molecular weight excluding hydrogens is 379 g/mol. The summed E-state index contributed by atoms with van der Waals surface area (Å²) in [5.74, 6) is -0.331. The van der Waals surface area contributed by atoms with Crippen molar-refractivity contribution in [3.63, 3.8) is 0 Å². The number of hydrogen-bond donors (Lipinski definition) is 2. The molecule has 160 valence electrons. The average Bonchev–Trinajstić information content (AvgIpc) is 3.52. The number of aliphatic carboxylic acids is 1. The third-order valence-corrected chi connectivity index (χ3v) is 6.78. The number of nitrogens with one attached hydrogen (secondary N) is 1. The van der Waals surface area contributed by atoms with Crippen LogP contribution < -0.4 is 5.32 Å². The maximum absolute atomic E-state index is 13.8. The summed E-state index contributed by atoms with van der Waals surface area (Å²) in [4.78, 5) is 13.2. The molecule has 1 aliphatic carbocycles. The van der Waals surface area contributed by atoms with Gasteiger partial charge in [0, 0.05) is 25.0 Å². The molecule has 0 bridgehead atoms. The van der Waals surface area contributed by atoms with Crippen molar-refractivity contribution in [3.8, 4) is 0 Å². The van der Waals surface area contributed by atoms with Crippen LogP contribution in [-0.2, 0) is 11.2 Å². The quantitative estimate of drug-likeness (QED) is 0.654. The second-order valence-electron chi connectivity index (χ2n) is 9.03. The predicted octanol–water partition coefficient (Wildman–Crippen LogP) is 4.07. The number of halogens is 1. The minimum absolute atomic E-state index is 0.0807. The Labute approximate surface area is 178 Å². The topological polar surface area (TPSA) is 52.6 Å². The molecule has 1 aliphatic heterocycles. The van der Waals surface area contributed by atoms with Gasteiger partial charge in [-0.2, -0.15) is 0 Å². The van der Waals surface area contributed by atoms with Crippen molar-refractivity contribution in [1.82, 2.24) is 10.2 Å². The van der Waals surface area contributed by atoms with Crippen LogP contribution >= 0.6 is 0 Å². The molecule has 2 atom stereocenters. The van der Waals surface area contributed by atoms with Crippen molar-refractivity contribution in [1.29, 1.82) is 0 Å². The fraction of sp³-hybridized carbons (Fsp3) is 0.480. The number of piperidine rings is 1. The van der Waals surface area contributed by atoms with Crippen molar-refractivity contribution >= 4 is 5.97 Å². The van der Waals surface area contributed by atoms with Gasteiger partial charge in [-0.25, -0.2) is 4.39 Å². The number of hydrogen-bond acceptors (Lipinski definition) is 3. The summed E-state index contributed by atoms with van der Waals surface area (Å²) in [5.41, 5.74) is 2.53. The second kappa shape index (κ2) is 9.27. The van der Waals surface area contributed by atoms with Crippen LogP contribution in [0.3, 0.4) is 0 Å². The highest BCUT2D eigenvalue weighted by molar-refractivity contribution is 5.66. The van der Waals surface area contributed by atoms with Crippen LogP contribution in [0, 0.1) is 11.2 Å². The zero-order valence-electron chi connectivity index (χ0n) is 17.4. The average molecular weight is 411 g/mol. The monoisotopic (exact) mass is 410 g/mol. The first-order chi connectivity index (χ1) is 14.5. The molecule has 2 aliphatic rings. The van der Waals surface area contributed by atoms with Crippen molar-refractivity contribution in [2.45, 2.75) is 44.1 Å². The molecule has 1 saturated heterocycles. The summed E-state index contributed by atoms with van der Waals surface area (Å²) in [5, 5.41) is 12.8. The Morgan fingerprint density at radius 1 is 1.13 bits per heavy atom. The third kappa shape index (κ3) is 5.46. The van der Waals surface area contributed by atoms with E-state index in [1.807, 2.05) is 6.07 Å². The smallest absolute Gasteiger partial charge is 0.304 e. The molecule has 0 amide bonds. The summed E-state index contributed by atoms with van der Waals surface area (Å²) >= 11 is 0. The Morgan fingerprint density at radius 2 is 1.90 bits per heavy atom. The maximum atomic E-state index is 13.8. The summed E-state index contributed by atoms with van der Waals surface area (Å²) in [6.07, 6.45) is 4.21. The summed E-state index contributed by atoms with van der Waals surface area (Å²) in [6.45, 7) is 3.33. The molecule has 0 radical (unpaired) electrons. The highest BCUT2D eigenvalue weighted by Crippen LogP contribution is 2.42. The zero-order chi connectivity index (χ0) is 21.0. The van der Waals surface area contributed by atoms with Gasteiger partial charge in [0.1, 0.15) is 5.82 Å². The van der Waals surface area contributed by atoms with Gasteiger partial charge in [0.15, 0.2) is 0 Å². The van der Waals surface area contributed by atoms with Gasteiger partial charge < -0.3 is 15.3 Å². The maximum Gasteiger partial charge on any atom is 0.304 e. The highest BCUT2D eigenvalue weighted by atomic mass is 19.1. The van der Waals surface area contributed by atoms with Gasteiger partial charge in [-0.15, -0.1) is 0 Å². The van der Waals surface area contributed by atoms with Gasteiger partial charge in [-0.05, 0) is 67.4 Å². The van der Waals surface area contributed by atoms with Gasteiger partial charge in [0.25, 0.3) is 0 Å². The van der Waals surface area contributed by atoms with Crippen LogP contribution in [0.25, 0.3) is 0 Å². The molecule has 0 unspecified atom stereocenters. The van der Waals surface area contributed by atoms with Gasteiger partial charge in [0.05, 0.1) is 6.42 Å². The molecule has 5 heteroatoms. The van der Waals surface area contributed by atoms with Crippen LogP contribution in [0.4, 0.5) is 4.39 Å². The summed E-state index contributed by atoms with van der Waals surface area (Å²) < 4.78 is 13.8. The Bertz CT molecular complexity index is 849. The molecule has 2 aromatic carbocycles. The molecule has 1 heterocycles. The summed E-state index contributed by atoms with van der Waals surface area (Å²) in [6, 6.07) is 18.1. The first-order valence-corrected chi connectivity index (χ1v) is 11.0. The first kappa shape index (κ1) is 21.0. The van der Waals surface area contributed by atoms with Gasteiger partial charge in [-0.1, -0.05) is 42.5 Å². The van der Waals surface area contributed by atoms with Crippen molar-refractivity contribution in [2.24, 2.45) is 5.41 Å². The lowest BCUT2D eigenvalue weighted by molar-refractivity contribution is -0.137. The Morgan fingerprint density at radius 3 is 2.60 bits per heavy atom. The highest BCUT2D eigenvalue weighted by Gasteiger charge is 2.41. The molecule has 0 aromatic heterocycles. The number of benzene rings is 2. The SMILES string of the molecule is O=C(O)CCN1CCC(CN[C@@H]2C[C@H]2c2ccccc2)(Cc2cccc(F)c2)CC1. The lowest BCUT2D eigenvalue weighted by Gasteiger charge is -2.42. The fourth-order valence-corrected chi connectivity index (χ4v) is 4.84. The molecule has 4 nitrogen and oxygen atoms in total. The van der Waals surface area contributed by atoms with Crippen molar-refractivity contribution < 1.29 is 14.3 Å². The van der Waals surface area contributed by atoms with E-state index in [0.29, 0.717) is 18.5 Å². The minimum Gasteiger partial charge on any atom is -0.481 e.